The van der Waals surface area contributed by atoms with Gasteiger partial charge in [-0.15, -0.1) is 5.10 Å². The van der Waals surface area contributed by atoms with Crippen LogP contribution in [0.5, 0.6) is 0 Å². The summed E-state index contributed by atoms with van der Waals surface area (Å²) in [5, 5.41) is 22.9. The average molecular weight is 310 g/mol. The van der Waals surface area contributed by atoms with Gasteiger partial charge in [-0.05, 0) is 22.1 Å². The highest BCUT2D eigenvalue weighted by molar-refractivity contribution is 7.60. The van der Waals surface area contributed by atoms with Gasteiger partial charge in [-0.25, -0.2) is 10.1 Å². The van der Waals surface area contributed by atoms with Crippen molar-refractivity contribution >= 4 is 18.7 Å². The average Bonchev–Trinajstić information content (AvgIpc) is 3.07. The standard InChI is InChI=1S/C10H11N6O4P/c17-7(9-12-14-15-13-9)4-6-2-1-3-16-8(21(18,19)20)5-11-10(6)16/h1-3,5,7,17H,4H2,(H2,18,19,20)(H,12,13,14,15). The van der Waals surface area contributed by atoms with Gasteiger partial charge < -0.3 is 14.9 Å². The van der Waals surface area contributed by atoms with Crippen LogP contribution < -0.4 is 5.44 Å². The topological polar surface area (TPSA) is 150 Å². The quantitative estimate of drug-likeness (QED) is 0.445. The number of nitrogens with one attached hydrogen (secondary N) is 1. The molecule has 10 nitrogen and oxygen atoms in total. The van der Waals surface area contributed by atoms with E-state index >= 15 is 0 Å². The van der Waals surface area contributed by atoms with Gasteiger partial charge in [0, 0.05) is 12.6 Å². The van der Waals surface area contributed by atoms with Crippen LogP contribution in [0.1, 0.15) is 17.5 Å². The van der Waals surface area contributed by atoms with Gasteiger partial charge in [0.1, 0.15) is 11.8 Å². The van der Waals surface area contributed by atoms with E-state index in [2.05, 4.69) is 25.6 Å². The number of hydrogen-bond acceptors (Lipinski definition) is 6. The molecule has 3 rings (SSSR count). The first-order valence-electron chi connectivity index (χ1n) is 5.89. The molecular formula is C10H11N6O4P. The molecule has 0 aromatic carbocycles. The van der Waals surface area contributed by atoms with Crippen LogP contribution in [0.25, 0.3) is 5.65 Å². The molecule has 1 atom stereocenters. The Labute approximate surface area is 117 Å². The van der Waals surface area contributed by atoms with E-state index in [9.17, 15) is 19.5 Å². The summed E-state index contributed by atoms with van der Waals surface area (Å²) in [5.74, 6) is 0.207. The molecule has 110 valence electrons. The largest absolute Gasteiger partial charge is 0.385 e. The molecule has 0 bridgehead atoms. The second-order valence-electron chi connectivity index (χ2n) is 4.39. The van der Waals surface area contributed by atoms with Crippen molar-refractivity contribution in [3.05, 3.63) is 35.9 Å². The summed E-state index contributed by atoms with van der Waals surface area (Å²) in [5.41, 5.74) is 0.777. The first-order valence-corrected chi connectivity index (χ1v) is 7.51. The van der Waals surface area contributed by atoms with Crippen molar-refractivity contribution in [3.8, 4) is 0 Å². The Morgan fingerprint density at radius 3 is 2.90 bits per heavy atom. The van der Waals surface area contributed by atoms with Crippen molar-refractivity contribution in [1.82, 2.24) is 30.0 Å². The zero-order chi connectivity index (χ0) is 15.0. The highest BCUT2D eigenvalue weighted by Gasteiger charge is 2.23. The number of pyridine rings is 1. The Balaban J connectivity index is 2.00. The second kappa shape index (κ2) is 5.01. The summed E-state index contributed by atoms with van der Waals surface area (Å²) >= 11 is 0. The number of tetrazole rings is 1. The molecule has 0 aliphatic carbocycles. The van der Waals surface area contributed by atoms with E-state index in [-0.39, 0.29) is 17.7 Å². The summed E-state index contributed by atoms with van der Waals surface area (Å²) in [7, 11) is -4.42. The van der Waals surface area contributed by atoms with Crippen LogP contribution >= 0.6 is 7.60 Å². The minimum Gasteiger partial charge on any atom is -0.385 e. The molecule has 0 saturated carbocycles. The molecule has 1 unspecified atom stereocenters. The third-order valence-corrected chi connectivity index (χ3v) is 3.91. The predicted octanol–water partition coefficient (Wildman–Crippen LogP) is -1.07. The minimum atomic E-state index is -4.42. The van der Waals surface area contributed by atoms with E-state index in [1.807, 2.05) is 0 Å². The third kappa shape index (κ3) is 2.57. The van der Waals surface area contributed by atoms with Crippen molar-refractivity contribution in [2.45, 2.75) is 12.5 Å². The molecule has 21 heavy (non-hydrogen) atoms. The van der Waals surface area contributed by atoms with E-state index in [0.717, 1.165) is 6.20 Å². The van der Waals surface area contributed by atoms with Crippen molar-refractivity contribution < 1.29 is 19.5 Å². The van der Waals surface area contributed by atoms with Crippen LogP contribution in [0.3, 0.4) is 0 Å². The molecule has 3 aromatic heterocycles. The van der Waals surface area contributed by atoms with Crippen LogP contribution in [-0.4, -0.2) is 44.9 Å². The predicted molar refractivity (Wildman–Crippen MR) is 69.7 cm³/mol. The Morgan fingerprint density at radius 2 is 2.24 bits per heavy atom. The number of aromatic nitrogens is 6. The molecule has 0 spiro atoms. The van der Waals surface area contributed by atoms with Crippen molar-refractivity contribution in [2.24, 2.45) is 0 Å². The normalized spacial score (nSPS) is 13.7. The molecule has 4 N–H and O–H groups in total. The summed E-state index contributed by atoms with van der Waals surface area (Å²) in [6.45, 7) is 0. The molecule has 3 heterocycles. The Hall–Kier alpha value is -2.13. The van der Waals surface area contributed by atoms with Gasteiger partial charge in [-0.2, -0.15) is 0 Å². The summed E-state index contributed by atoms with van der Waals surface area (Å²) in [4.78, 5) is 22.6. The van der Waals surface area contributed by atoms with Gasteiger partial charge in [0.25, 0.3) is 0 Å². The van der Waals surface area contributed by atoms with Gasteiger partial charge >= 0.3 is 7.60 Å². The Kier molecular flexibility index (Phi) is 3.30. The molecular weight excluding hydrogens is 299 g/mol. The number of imidazole rings is 1. The number of fused-ring (bicyclic) bond motifs is 1. The molecule has 0 radical (unpaired) electrons. The highest BCUT2D eigenvalue weighted by atomic mass is 31.2. The van der Waals surface area contributed by atoms with E-state index in [1.165, 1.54) is 10.6 Å². The van der Waals surface area contributed by atoms with Gasteiger partial charge in [0.15, 0.2) is 11.3 Å². The first-order chi connectivity index (χ1) is 9.97. The summed E-state index contributed by atoms with van der Waals surface area (Å²) < 4.78 is 12.7. The Bertz CT molecular complexity index is 810. The van der Waals surface area contributed by atoms with Crippen molar-refractivity contribution in [1.29, 1.82) is 0 Å². The zero-order valence-electron chi connectivity index (χ0n) is 10.5. The number of hydrogen-bond donors (Lipinski definition) is 4. The summed E-state index contributed by atoms with van der Waals surface area (Å²) in [6.07, 6.45) is 1.81. The fraction of sp³-hybridized carbons (Fsp3) is 0.200. The lowest BCUT2D eigenvalue weighted by Gasteiger charge is -2.09. The van der Waals surface area contributed by atoms with E-state index in [1.54, 1.807) is 12.1 Å². The maximum absolute atomic E-state index is 11.4. The highest BCUT2D eigenvalue weighted by Crippen LogP contribution is 2.33. The smallest absolute Gasteiger partial charge is 0.374 e. The lowest BCUT2D eigenvalue weighted by atomic mass is 10.1. The molecule has 0 aliphatic heterocycles. The lowest BCUT2D eigenvalue weighted by Crippen LogP contribution is -2.11. The zero-order valence-corrected chi connectivity index (χ0v) is 11.4. The SMILES string of the molecule is O=P(O)(O)c1cnc2c(CC(O)c3nnn[nH]3)cccn12. The van der Waals surface area contributed by atoms with Gasteiger partial charge in [-0.1, -0.05) is 6.07 Å². The molecule has 3 aromatic rings. The lowest BCUT2D eigenvalue weighted by molar-refractivity contribution is 0.168. The maximum Gasteiger partial charge on any atom is 0.374 e. The van der Waals surface area contributed by atoms with Crippen LogP contribution in [0.15, 0.2) is 24.5 Å². The van der Waals surface area contributed by atoms with Gasteiger partial charge in [0.2, 0.25) is 0 Å². The number of rotatable bonds is 4. The maximum atomic E-state index is 11.4. The molecule has 0 aliphatic rings. The first kappa shape index (κ1) is 13.8. The number of aliphatic hydroxyl groups is 1. The fourth-order valence-corrected chi connectivity index (χ4v) is 2.69. The number of H-pyrrole nitrogens is 1. The fourth-order valence-electron chi connectivity index (χ4n) is 2.04. The van der Waals surface area contributed by atoms with E-state index in [4.69, 9.17) is 0 Å². The number of nitrogens with zero attached hydrogens (tertiary/aromatic N) is 5. The minimum absolute atomic E-state index is 0.152. The van der Waals surface area contributed by atoms with Crippen LogP contribution in [0.2, 0.25) is 0 Å². The van der Waals surface area contributed by atoms with Crippen LogP contribution in [0.4, 0.5) is 0 Å². The summed E-state index contributed by atoms with van der Waals surface area (Å²) in [6, 6.07) is 3.33. The Morgan fingerprint density at radius 1 is 1.43 bits per heavy atom. The number of aliphatic hydroxyl groups excluding tert-OH is 1. The monoisotopic (exact) mass is 310 g/mol. The second-order valence-corrected chi connectivity index (χ2v) is 5.94. The molecule has 0 fully saturated rings. The molecule has 11 heteroatoms. The van der Waals surface area contributed by atoms with Crippen LogP contribution in [0, 0.1) is 0 Å². The number of aromatic amines is 1. The van der Waals surface area contributed by atoms with Gasteiger partial charge in [0.05, 0.1) is 6.20 Å². The van der Waals surface area contributed by atoms with Gasteiger partial charge in [-0.3, -0.25) is 8.97 Å². The molecule has 0 amide bonds. The van der Waals surface area contributed by atoms with Crippen molar-refractivity contribution in [2.75, 3.05) is 0 Å². The third-order valence-electron chi connectivity index (χ3n) is 2.99. The van der Waals surface area contributed by atoms with Crippen LogP contribution in [-0.2, 0) is 11.0 Å². The molecule has 0 saturated heterocycles. The van der Waals surface area contributed by atoms with E-state index < -0.39 is 13.7 Å². The van der Waals surface area contributed by atoms with Crippen molar-refractivity contribution in [3.63, 3.8) is 0 Å². The van der Waals surface area contributed by atoms with E-state index in [0.29, 0.717) is 11.2 Å².